The van der Waals surface area contributed by atoms with Gasteiger partial charge >= 0.3 is 17.9 Å². The van der Waals surface area contributed by atoms with Crippen molar-refractivity contribution in [3.05, 3.63) is 85.1 Å². The van der Waals surface area contributed by atoms with Crippen LogP contribution in [0.25, 0.3) is 0 Å². The average Bonchev–Trinajstić information content (AvgIpc) is 3.03. The van der Waals surface area contributed by atoms with Gasteiger partial charge in [0.15, 0.2) is 12.1 Å². The molecule has 2 unspecified atom stereocenters. The first-order valence-electron chi connectivity index (χ1n) is 17.7. The molecule has 0 aromatic heterocycles. The molecule has 0 saturated heterocycles. The molecular formula is C40H64NO7+. The number of carbonyl (C=O) groups excluding carboxylic acids is 2. The van der Waals surface area contributed by atoms with Crippen molar-refractivity contribution < 1.29 is 38.2 Å². The lowest BCUT2D eigenvalue weighted by Gasteiger charge is -2.31. The Hall–Kier alpha value is -3.49. The first-order chi connectivity index (χ1) is 23.1. The monoisotopic (exact) mass is 670 g/mol. The number of nitrogens with zero attached hydrogens (tertiary/aromatic N) is 1. The van der Waals surface area contributed by atoms with Crippen LogP contribution in [0.2, 0.25) is 0 Å². The fourth-order valence-electron chi connectivity index (χ4n) is 4.45. The van der Waals surface area contributed by atoms with Crippen LogP contribution in [-0.4, -0.2) is 80.6 Å². The zero-order valence-electron chi connectivity index (χ0n) is 30.4. The number of quaternary nitrogens is 1. The van der Waals surface area contributed by atoms with Crippen LogP contribution < -0.4 is 0 Å². The molecule has 0 rings (SSSR count). The molecule has 0 heterocycles. The van der Waals surface area contributed by atoms with Crippen molar-refractivity contribution in [3.8, 4) is 0 Å². The van der Waals surface area contributed by atoms with Gasteiger partial charge in [-0.3, -0.25) is 9.59 Å². The number of unbranched alkanes of at least 4 members (excludes halogenated alkanes) is 5. The van der Waals surface area contributed by atoms with Crippen molar-refractivity contribution in [3.63, 3.8) is 0 Å². The number of carbonyl (C=O) groups is 3. The Morgan fingerprint density at radius 2 is 1.25 bits per heavy atom. The van der Waals surface area contributed by atoms with Crippen LogP contribution in [0.3, 0.4) is 0 Å². The van der Waals surface area contributed by atoms with Gasteiger partial charge in [-0.05, 0) is 44.9 Å². The van der Waals surface area contributed by atoms with Gasteiger partial charge < -0.3 is 23.8 Å². The zero-order chi connectivity index (χ0) is 35.7. The van der Waals surface area contributed by atoms with E-state index in [-0.39, 0.29) is 43.1 Å². The maximum atomic E-state index is 12.6. The summed E-state index contributed by atoms with van der Waals surface area (Å²) in [6.45, 7) is 4.29. The van der Waals surface area contributed by atoms with Crippen molar-refractivity contribution >= 4 is 17.9 Å². The van der Waals surface area contributed by atoms with Gasteiger partial charge in [-0.25, -0.2) is 4.79 Å². The highest BCUT2D eigenvalue weighted by Gasteiger charge is 2.31. The lowest BCUT2D eigenvalue weighted by atomic mass is 10.1. The molecule has 0 amide bonds. The van der Waals surface area contributed by atoms with Crippen molar-refractivity contribution in [2.75, 3.05) is 41.0 Å². The van der Waals surface area contributed by atoms with Crippen molar-refractivity contribution in [1.29, 1.82) is 0 Å². The predicted molar refractivity (Wildman–Crippen MR) is 196 cm³/mol. The molecule has 48 heavy (non-hydrogen) atoms. The standard InChI is InChI=1S/C40H63NO7/c1-6-8-10-12-14-16-17-18-19-20-21-23-25-27-29-31-39(43)48-36(34-46-33-32-37(40(44)45)41(3,4)5)35-47-38(42)30-28-26-24-22-15-13-11-9-7-2/h8-12,14-19,22,26,28,36-37H,6-7,13,20-21,23-25,27,29-35H2,1-5H3/p+1/b10-8+,11-9+,14-12+,17-16+,19-18+,22-15+,28-26+. The Morgan fingerprint density at radius 3 is 1.90 bits per heavy atom. The summed E-state index contributed by atoms with van der Waals surface area (Å²) < 4.78 is 17.0. The smallest absolute Gasteiger partial charge is 0.362 e. The molecule has 1 N–H and O–H groups in total. The van der Waals surface area contributed by atoms with Gasteiger partial charge in [0.05, 0.1) is 40.8 Å². The van der Waals surface area contributed by atoms with Gasteiger partial charge in [0.1, 0.15) is 6.61 Å². The highest BCUT2D eigenvalue weighted by molar-refractivity contribution is 5.72. The number of hydrogen-bond donors (Lipinski definition) is 1. The molecular weight excluding hydrogens is 606 g/mol. The molecule has 0 aliphatic carbocycles. The average molecular weight is 671 g/mol. The largest absolute Gasteiger partial charge is 0.477 e. The number of esters is 2. The number of allylic oxidation sites excluding steroid dienone is 13. The molecule has 2 atom stereocenters. The minimum atomic E-state index is -0.896. The fraction of sp³-hybridized carbons (Fsp3) is 0.575. The summed E-state index contributed by atoms with van der Waals surface area (Å²) in [5.74, 6) is -1.67. The van der Waals surface area contributed by atoms with Gasteiger partial charge in [-0.1, -0.05) is 118 Å². The summed E-state index contributed by atoms with van der Waals surface area (Å²) in [4.78, 5) is 36.6. The number of carboxylic acids is 1. The summed E-state index contributed by atoms with van der Waals surface area (Å²) in [5.41, 5.74) is 0. The Kier molecular flexibility index (Phi) is 28.6. The Balaban J connectivity index is 4.60. The third-order valence-corrected chi connectivity index (χ3v) is 7.17. The maximum absolute atomic E-state index is 12.6. The quantitative estimate of drug-likeness (QED) is 0.0280. The van der Waals surface area contributed by atoms with Crippen LogP contribution >= 0.6 is 0 Å². The van der Waals surface area contributed by atoms with Crippen molar-refractivity contribution in [2.45, 2.75) is 109 Å². The molecule has 0 bridgehead atoms. The molecule has 8 heteroatoms. The van der Waals surface area contributed by atoms with E-state index in [1.54, 1.807) is 6.08 Å². The van der Waals surface area contributed by atoms with Crippen LogP contribution in [0.1, 0.15) is 97.3 Å². The molecule has 0 aromatic rings. The van der Waals surface area contributed by atoms with Crippen LogP contribution in [0.15, 0.2) is 85.1 Å². The highest BCUT2D eigenvalue weighted by Crippen LogP contribution is 2.11. The molecule has 8 nitrogen and oxygen atoms in total. The summed E-state index contributed by atoms with van der Waals surface area (Å²) in [6.07, 6.45) is 38.1. The number of hydrogen-bond acceptors (Lipinski definition) is 6. The number of likely N-dealkylation sites (N-methyl/N-ethyl adjacent to an activating group) is 1. The summed E-state index contributed by atoms with van der Waals surface area (Å²) in [6, 6.07) is -0.633. The molecule has 0 fully saturated rings. The minimum Gasteiger partial charge on any atom is -0.477 e. The molecule has 0 spiro atoms. The predicted octanol–water partition coefficient (Wildman–Crippen LogP) is 8.62. The van der Waals surface area contributed by atoms with Gasteiger partial charge in [-0.15, -0.1) is 0 Å². The van der Waals surface area contributed by atoms with Gasteiger partial charge in [-0.2, -0.15) is 0 Å². The van der Waals surface area contributed by atoms with Gasteiger partial charge in [0.25, 0.3) is 0 Å². The second kappa shape index (κ2) is 30.8. The van der Waals surface area contributed by atoms with Crippen LogP contribution in [0.4, 0.5) is 0 Å². The van der Waals surface area contributed by atoms with E-state index in [1.165, 1.54) is 0 Å². The molecule has 0 aliphatic rings. The lowest BCUT2D eigenvalue weighted by molar-refractivity contribution is -0.887. The zero-order valence-corrected chi connectivity index (χ0v) is 30.4. The summed E-state index contributed by atoms with van der Waals surface area (Å²) in [7, 11) is 5.46. The van der Waals surface area contributed by atoms with Gasteiger partial charge in [0, 0.05) is 12.8 Å². The van der Waals surface area contributed by atoms with E-state index in [0.29, 0.717) is 6.42 Å². The van der Waals surface area contributed by atoms with E-state index >= 15 is 0 Å². The first kappa shape index (κ1) is 44.5. The van der Waals surface area contributed by atoms with Gasteiger partial charge in [0.2, 0.25) is 0 Å². The second-order valence-corrected chi connectivity index (χ2v) is 12.5. The molecule has 270 valence electrons. The Morgan fingerprint density at radius 1 is 0.667 bits per heavy atom. The molecule has 0 radical (unpaired) electrons. The van der Waals surface area contributed by atoms with E-state index in [4.69, 9.17) is 14.2 Å². The highest BCUT2D eigenvalue weighted by atomic mass is 16.6. The minimum absolute atomic E-state index is 0.0184. The summed E-state index contributed by atoms with van der Waals surface area (Å²) in [5, 5.41) is 9.56. The first-order valence-corrected chi connectivity index (χ1v) is 17.7. The molecule has 0 saturated carbocycles. The van der Waals surface area contributed by atoms with E-state index in [2.05, 4.69) is 50.3 Å². The van der Waals surface area contributed by atoms with E-state index in [9.17, 15) is 19.5 Å². The van der Waals surface area contributed by atoms with E-state index in [0.717, 1.165) is 64.2 Å². The number of ether oxygens (including phenoxy) is 3. The molecule has 0 aliphatic heterocycles. The maximum Gasteiger partial charge on any atom is 0.362 e. The summed E-state index contributed by atoms with van der Waals surface area (Å²) >= 11 is 0. The number of rotatable bonds is 29. The second-order valence-electron chi connectivity index (χ2n) is 12.5. The number of aliphatic carboxylic acids is 1. The third-order valence-electron chi connectivity index (χ3n) is 7.17. The third kappa shape index (κ3) is 28.7. The molecule has 0 aromatic carbocycles. The fourth-order valence-corrected chi connectivity index (χ4v) is 4.45. The van der Waals surface area contributed by atoms with Crippen LogP contribution in [0.5, 0.6) is 0 Å². The Labute approximate surface area is 291 Å². The SMILES string of the molecule is CC/C=C/C=C/C=C/C=C/CCCCCCCC(=O)OC(COCCC(C(=O)O)[N+](C)(C)C)COC(=O)C/C=C/C/C=C/C/C=C/CC. The van der Waals surface area contributed by atoms with Crippen molar-refractivity contribution in [2.24, 2.45) is 0 Å². The normalized spacial score (nSPS) is 14.1. The van der Waals surface area contributed by atoms with E-state index < -0.39 is 24.1 Å². The lowest BCUT2D eigenvalue weighted by Crippen LogP contribution is -2.50. The van der Waals surface area contributed by atoms with Crippen LogP contribution in [0, 0.1) is 0 Å². The number of carboxylic acid groups (broad SMARTS) is 1. The van der Waals surface area contributed by atoms with Crippen molar-refractivity contribution in [1.82, 2.24) is 0 Å². The Bertz CT molecular complexity index is 1060. The van der Waals surface area contributed by atoms with E-state index in [1.807, 2.05) is 63.7 Å². The topological polar surface area (TPSA) is 99.1 Å². The van der Waals surface area contributed by atoms with Crippen LogP contribution in [-0.2, 0) is 28.6 Å².